The van der Waals surface area contributed by atoms with E-state index in [0.29, 0.717) is 23.6 Å². The number of piperidine rings is 1. The first-order valence-corrected chi connectivity index (χ1v) is 10.3. The number of aromatic nitrogens is 1. The van der Waals surface area contributed by atoms with Crippen molar-refractivity contribution in [1.29, 1.82) is 0 Å². The lowest BCUT2D eigenvalue weighted by atomic mass is 9.60. The maximum atomic E-state index is 6.06. The van der Waals surface area contributed by atoms with Crippen LogP contribution < -0.4 is 5.32 Å². The van der Waals surface area contributed by atoms with Crippen molar-refractivity contribution in [3.05, 3.63) is 30.1 Å². The Hall–Kier alpha value is -0.970. The summed E-state index contributed by atoms with van der Waals surface area (Å²) in [4.78, 5) is 6.81. The van der Waals surface area contributed by atoms with Gasteiger partial charge in [0, 0.05) is 43.0 Å². The molecule has 2 aliphatic carbocycles. The molecular weight excluding hydrogens is 310 g/mol. The molecule has 1 spiro atoms. The third-order valence-electron chi connectivity index (χ3n) is 6.84. The monoisotopic (exact) mass is 343 g/mol. The van der Waals surface area contributed by atoms with Gasteiger partial charge in [-0.1, -0.05) is 18.9 Å². The molecule has 2 atom stereocenters. The van der Waals surface area contributed by atoms with E-state index in [9.17, 15) is 0 Å². The van der Waals surface area contributed by atoms with Crippen molar-refractivity contribution in [3.63, 3.8) is 0 Å². The summed E-state index contributed by atoms with van der Waals surface area (Å²) in [6.07, 6.45) is 13.7. The molecule has 25 heavy (non-hydrogen) atoms. The second-order valence-electron chi connectivity index (χ2n) is 8.25. The standard InChI is InChI=1S/C21H33N3O/c1-2-25-20-14-19(21(20)9-3-4-10-21)23-18-7-12-24(13-8-18)16-17-6-5-11-22-15-17/h5-6,11,15,18-20,23H,2-4,7-10,12-14,16H2,1H3/t19-,20-/m1/s1. The topological polar surface area (TPSA) is 37.4 Å². The molecule has 0 bridgehead atoms. The molecule has 2 heterocycles. The van der Waals surface area contributed by atoms with E-state index in [1.807, 2.05) is 18.5 Å². The number of likely N-dealkylation sites (tertiary alicyclic amines) is 1. The van der Waals surface area contributed by atoms with Gasteiger partial charge in [-0.15, -0.1) is 0 Å². The van der Waals surface area contributed by atoms with Crippen LogP contribution in [-0.4, -0.2) is 47.8 Å². The van der Waals surface area contributed by atoms with Crippen LogP contribution in [0.2, 0.25) is 0 Å². The quantitative estimate of drug-likeness (QED) is 0.859. The Morgan fingerprint density at radius 3 is 2.76 bits per heavy atom. The van der Waals surface area contributed by atoms with Crippen LogP contribution in [0.5, 0.6) is 0 Å². The lowest BCUT2D eigenvalue weighted by Crippen LogP contribution is -2.65. The molecule has 0 unspecified atom stereocenters. The zero-order valence-corrected chi connectivity index (χ0v) is 15.6. The molecule has 1 saturated heterocycles. The summed E-state index contributed by atoms with van der Waals surface area (Å²) in [5.74, 6) is 0. The number of nitrogens with one attached hydrogen (secondary N) is 1. The summed E-state index contributed by atoms with van der Waals surface area (Å²) in [6, 6.07) is 5.61. The number of rotatable bonds is 6. The molecule has 3 aliphatic rings. The SMILES string of the molecule is CCO[C@@H]1C[C@@H](NC2CCN(Cc3cccnc3)CC2)C12CCCC2. The first kappa shape index (κ1) is 17.4. The fraction of sp³-hybridized carbons (Fsp3) is 0.762. The van der Waals surface area contributed by atoms with E-state index < -0.39 is 0 Å². The normalized spacial score (nSPS) is 29.8. The van der Waals surface area contributed by atoms with E-state index in [2.05, 4.69) is 28.2 Å². The van der Waals surface area contributed by atoms with E-state index in [0.717, 1.165) is 13.2 Å². The summed E-state index contributed by atoms with van der Waals surface area (Å²) in [6.45, 7) is 6.44. The largest absolute Gasteiger partial charge is 0.378 e. The molecule has 1 N–H and O–H groups in total. The molecule has 2 saturated carbocycles. The van der Waals surface area contributed by atoms with Crippen LogP contribution in [-0.2, 0) is 11.3 Å². The second kappa shape index (κ2) is 7.73. The molecule has 1 aromatic heterocycles. The van der Waals surface area contributed by atoms with Crippen LogP contribution in [0, 0.1) is 5.41 Å². The highest BCUT2D eigenvalue weighted by Crippen LogP contribution is 2.55. The Kier molecular flexibility index (Phi) is 5.39. The van der Waals surface area contributed by atoms with Crippen molar-refractivity contribution < 1.29 is 4.74 Å². The highest BCUT2D eigenvalue weighted by atomic mass is 16.5. The minimum atomic E-state index is 0.461. The first-order chi connectivity index (χ1) is 12.3. The fourth-order valence-corrected chi connectivity index (χ4v) is 5.41. The second-order valence-corrected chi connectivity index (χ2v) is 8.25. The lowest BCUT2D eigenvalue weighted by molar-refractivity contribution is -0.133. The fourth-order valence-electron chi connectivity index (χ4n) is 5.41. The average Bonchev–Trinajstić information content (AvgIpc) is 3.16. The van der Waals surface area contributed by atoms with Crippen LogP contribution >= 0.6 is 0 Å². The summed E-state index contributed by atoms with van der Waals surface area (Å²) in [5, 5.41) is 4.04. The Morgan fingerprint density at radius 2 is 2.08 bits per heavy atom. The van der Waals surface area contributed by atoms with E-state index in [1.165, 1.54) is 63.6 Å². The smallest absolute Gasteiger partial charge is 0.0661 e. The Morgan fingerprint density at radius 1 is 1.28 bits per heavy atom. The maximum absolute atomic E-state index is 6.06. The molecule has 4 nitrogen and oxygen atoms in total. The summed E-state index contributed by atoms with van der Waals surface area (Å²) in [5.41, 5.74) is 1.79. The molecule has 3 fully saturated rings. The van der Waals surface area contributed by atoms with E-state index in [4.69, 9.17) is 4.74 Å². The number of nitrogens with zero attached hydrogens (tertiary/aromatic N) is 2. The van der Waals surface area contributed by atoms with Crippen molar-refractivity contribution >= 4 is 0 Å². The van der Waals surface area contributed by atoms with E-state index >= 15 is 0 Å². The van der Waals surface area contributed by atoms with Gasteiger partial charge in [0.05, 0.1) is 6.10 Å². The average molecular weight is 344 g/mol. The van der Waals surface area contributed by atoms with Gasteiger partial charge in [-0.05, 0) is 63.7 Å². The predicted molar refractivity (Wildman–Crippen MR) is 100 cm³/mol. The Bertz CT molecular complexity index is 535. The van der Waals surface area contributed by atoms with Gasteiger partial charge in [0.2, 0.25) is 0 Å². The Balaban J connectivity index is 1.26. The van der Waals surface area contributed by atoms with Gasteiger partial charge in [0.1, 0.15) is 0 Å². The minimum absolute atomic E-state index is 0.461. The minimum Gasteiger partial charge on any atom is -0.378 e. The summed E-state index contributed by atoms with van der Waals surface area (Å²) < 4.78 is 6.06. The number of ether oxygens (including phenoxy) is 1. The van der Waals surface area contributed by atoms with Crippen LogP contribution in [0.1, 0.15) is 57.4 Å². The number of hydrogen-bond acceptors (Lipinski definition) is 4. The third kappa shape index (κ3) is 3.62. The molecular formula is C21H33N3O. The third-order valence-corrected chi connectivity index (χ3v) is 6.84. The summed E-state index contributed by atoms with van der Waals surface area (Å²) >= 11 is 0. The van der Waals surface area contributed by atoms with Gasteiger partial charge < -0.3 is 10.1 Å². The van der Waals surface area contributed by atoms with Crippen molar-refractivity contribution in [2.45, 2.75) is 76.6 Å². The zero-order chi connectivity index (χ0) is 17.1. The first-order valence-electron chi connectivity index (χ1n) is 10.3. The van der Waals surface area contributed by atoms with Crippen LogP contribution in [0.25, 0.3) is 0 Å². The molecule has 4 rings (SSSR count). The van der Waals surface area contributed by atoms with Gasteiger partial charge in [-0.3, -0.25) is 9.88 Å². The zero-order valence-electron chi connectivity index (χ0n) is 15.6. The van der Waals surface area contributed by atoms with Crippen molar-refractivity contribution in [2.24, 2.45) is 5.41 Å². The van der Waals surface area contributed by atoms with Crippen molar-refractivity contribution in [3.8, 4) is 0 Å². The van der Waals surface area contributed by atoms with Crippen LogP contribution in [0.4, 0.5) is 0 Å². The molecule has 1 aliphatic heterocycles. The van der Waals surface area contributed by atoms with Gasteiger partial charge in [0.25, 0.3) is 0 Å². The number of hydrogen-bond donors (Lipinski definition) is 1. The Labute approximate surface area is 152 Å². The van der Waals surface area contributed by atoms with Crippen LogP contribution in [0.3, 0.4) is 0 Å². The highest BCUT2D eigenvalue weighted by Gasteiger charge is 2.56. The maximum Gasteiger partial charge on any atom is 0.0661 e. The molecule has 0 radical (unpaired) electrons. The van der Waals surface area contributed by atoms with Crippen molar-refractivity contribution in [1.82, 2.24) is 15.2 Å². The van der Waals surface area contributed by atoms with Gasteiger partial charge in [-0.25, -0.2) is 0 Å². The number of pyridine rings is 1. The van der Waals surface area contributed by atoms with E-state index in [-0.39, 0.29) is 0 Å². The van der Waals surface area contributed by atoms with Gasteiger partial charge in [0.15, 0.2) is 0 Å². The molecule has 0 amide bonds. The molecule has 1 aromatic rings. The van der Waals surface area contributed by atoms with Crippen molar-refractivity contribution in [2.75, 3.05) is 19.7 Å². The van der Waals surface area contributed by atoms with Gasteiger partial charge in [-0.2, -0.15) is 0 Å². The van der Waals surface area contributed by atoms with E-state index in [1.54, 1.807) is 0 Å². The molecule has 4 heteroatoms. The molecule has 138 valence electrons. The molecule has 0 aromatic carbocycles. The summed E-state index contributed by atoms with van der Waals surface area (Å²) in [7, 11) is 0. The lowest BCUT2D eigenvalue weighted by Gasteiger charge is -2.55. The van der Waals surface area contributed by atoms with Crippen LogP contribution in [0.15, 0.2) is 24.5 Å². The van der Waals surface area contributed by atoms with Gasteiger partial charge >= 0.3 is 0 Å². The predicted octanol–water partition coefficient (Wildman–Crippen LogP) is 3.37. The highest BCUT2D eigenvalue weighted by molar-refractivity contribution is 5.11.